The molecule has 6 heteroatoms. The quantitative estimate of drug-likeness (QED) is 0.544. The third-order valence-corrected chi connectivity index (χ3v) is 4.80. The number of aromatic nitrogens is 3. The molecule has 29 heavy (non-hydrogen) atoms. The Kier molecular flexibility index (Phi) is 4.02. The van der Waals surface area contributed by atoms with Crippen molar-refractivity contribution in [1.29, 1.82) is 0 Å². The molecule has 0 saturated heterocycles. The van der Waals surface area contributed by atoms with Gasteiger partial charge in [-0.25, -0.2) is 4.98 Å². The summed E-state index contributed by atoms with van der Waals surface area (Å²) < 4.78 is 11.0. The van der Waals surface area contributed by atoms with E-state index in [4.69, 9.17) is 20.2 Å². The van der Waals surface area contributed by atoms with Gasteiger partial charge in [-0.2, -0.15) is 0 Å². The molecular weight excluding hydrogens is 364 g/mol. The number of nitrogens with one attached hydrogen (secondary N) is 1. The third-order valence-electron chi connectivity index (χ3n) is 4.80. The molecule has 0 atom stereocenters. The molecular formula is C23H18N4O2. The van der Waals surface area contributed by atoms with Gasteiger partial charge in [-0.15, -0.1) is 0 Å². The highest BCUT2D eigenvalue weighted by Crippen LogP contribution is 2.39. The molecule has 0 saturated carbocycles. The molecule has 3 heterocycles. The predicted octanol–water partition coefficient (Wildman–Crippen LogP) is 4.46. The van der Waals surface area contributed by atoms with Gasteiger partial charge in [0.05, 0.1) is 17.1 Å². The lowest BCUT2D eigenvalue weighted by atomic mass is 10.1. The van der Waals surface area contributed by atoms with Crippen molar-refractivity contribution < 1.29 is 9.47 Å². The van der Waals surface area contributed by atoms with E-state index >= 15 is 0 Å². The highest BCUT2D eigenvalue weighted by molar-refractivity contribution is 5.81. The van der Waals surface area contributed by atoms with Gasteiger partial charge in [0.15, 0.2) is 11.5 Å². The van der Waals surface area contributed by atoms with Gasteiger partial charge >= 0.3 is 0 Å². The van der Waals surface area contributed by atoms with Crippen LogP contribution in [0.4, 0.5) is 0 Å². The normalized spacial score (nSPS) is 12.1. The lowest BCUT2D eigenvalue weighted by Gasteiger charge is -2.03. The van der Waals surface area contributed by atoms with Crippen LogP contribution < -0.4 is 15.2 Å². The van der Waals surface area contributed by atoms with Crippen LogP contribution in [0.2, 0.25) is 0 Å². The minimum atomic E-state index is 0.233. The van der Waals surface area contributed by atoms with Crippen LogP contribution in [-0.2, 0) is 0 Å². The van der Waals surface area contributed by atoms with Crippen molar-refractivity contribution in [2.24, 2.45) is 5.73 Å². The molecule has 0 spiro atoms. The SMILES string of the molecule is C=C(N)c1ccc(-c2nc(-c3ccc4c(c3)OCO4)c(-c3ccccn3)[nH]2)cc1. The van der Waals surface area contributed by atoms with Gasteiger partial charge in [0.25, 0.3) is 0 Å². The summed E-state index contributed by atoms with van der Waals surface area (Å²) in [6.07, 6.45) is 1.76. The van der Waals surface area contributed by atoms with E-state index in [1.54, 1.807) is 6.20 Å². The third kappa shape index (κ3) is 3.10. The highest BCUT2D eigenvalue weighted by Gasteiger charge is 2.20. The molecule has 2 aromatic carbocycles. The summed E-state index contributed by atoms with van der Waals surface area (Å²) in [7, 11) is 0. The number of imidazole rings is 1. The zero-order valence-corrected chi connectivity index (χ0v) is 15.6. The van der Waals surface area contributed by atoms with Crippen molar-refractivity contribution in [3.63, 3.8) is 0 Å². The van der Waals surface area contributed by atoms with E-state index in [1.165, 1.54) is 0 Å². The molecule has 1 aliphatic heterocycles. The largest absolute Gasteiger partial charge is 0.454 e. The van der Waals surface area contributed by atoms with Crippen molar-refractivity contribution >= 4 is 5.70 Å². The summed E-state index contributed by atoms with van der Waals surface area (Å²) in [6.45, 7) is 4.01. The Morgan fingerprint density at radius 3 is 2.52 bits per heavy atom. The fraction of sp³-hybridized carbons (Fsp3) is 0.0435. The summed E-state index contributed by atoms with van der Waals surface area (Å²) in [5, 5.41) is 0. The Hall–Kier alpha value is -4.06. The molecule has 2 aromatic heterocycles. The Labute approximate surface area is 167 Å². The van der Waals surface area contributed by atoms with Gasteiger partial charge in [0.2, 0.25) is 6.79 Å². The Morgan fingerprint density at radius 1 is 0.966 bits per heavy atom. The first-order valence-electron chi connectivity index (χ1n) is 9.15. The maximum absolute atomic E-state index is 5.78. The van der Waals surface area contributed by atoms with E-state index in [-0.39, 0.29) is 6.79 Å². The maximum Gasteiger partial charge on any atom is 0.231 e. The van der Waals surface area contributed by atoms with Crippen LogP contribution >= 0.6 is 0 Å². The Balaban J connectivity index is 1.64. The molecule has 142 valence electrons. The molecule has 5 rings (SSSR count). The monoisotopic (exact) mass is 382 g/mol. The molecule has 6 nitrogen and oxygen atoms in total. The first-order chi connectivity index (χ1) is 14.2. The number of aromatic amines is 1. The Morgan fingerprint density at radius 2 is 1.76 bits per heavy atom. The highest BCUT2D eigenvalue weighted by atomic mass is 16.7. The first-order valence-corrected chi connectivity index (χ1v) is 9.15. The second kappa shape index (κ2) is 6.83. The summed E-state index contributed by atoms with van der Waals surface area (Å²) in [5.74, 6) is 2.19. The van der Waals surface area contributed by atoms with Crippen LogP contribution in [-0.4, -0.2) is 21.7 Å². The number of hydrogen-bond acceptors (Lipinski definition) is 5. The van der Waals surface area contributed by atoms with Gasteiger partial charge in [-0.05, 0) is 35.9 Å². The van der Waals surface area contributed by atoms with Crippen LogP contribution in [0.3, 0.4) is 0 Å². The summed E-state index contributed by atoms with van der Waals surface area (Å²) in [4.78, 5) is 12.8. The van der Waals surface area contributed by atoms with Crippen molar-refractivity contribution in [1.82, 2.24) is 15.0 Å². The second-order valence-electron chi connectivity index (χ2n) is 6.69. The molecule has 4 aromatic rings. The molecule has 0 fully saturated rings. The molecule has 1 aliphatic rings. The van der Waals surface area contributed by atoms with Crippen molar-refractivity contribution in [3.05, 3.63) is 79.0 Å². The zero-order chi connectivity index (χ0) is 19.8. The predicted molar refractivity (Wildman–Crippen MR) is 112 cm³/mol. The van der Waals surface area contributed by atoms with Gasteiger partial charge in [0.1, 0.15) is 5.82 Å². The second-order valence-corrected chi connectivity index (χ2v) is 6.69. The molecule has 0 amide bonds. The van der Waals surface area contributed by atoms with E-state index < -0.39 is 0 Å². The molecule has 0 aliphatic carbocycles. The van der Waals surface area contributed by atoms with Gasteiger partial charge in [-0.3, -0.25) is 4.98 Å². The van der Waals surface area contributed by atoms with Crippen LogP contribution in [0, 0.1) is 0 Å². The summed E-state index contributed by atoms with van der Waals surface area (Å²) >= 11 is 0. The Bertz CT molecular complexity index is 1200. The zero-order valence-electron chi connectivity index (χ0n) is 15.6. The maximum atomic E-state index is 5.78. The number of benzene rings is 2. The van der Waals surface area contributed by atoms with Gasteiger partial charge in [-0.1, -0.05) is 36.9 Å². The number of H-pyrrole nitrogens is 1. The number of pyridine rings is 1. The number of nitrogens with two attached hydrogens (primary N) is 1. The van der Waals surface area contributed by atoms with E-state index in [2.05, 4.69) is 16.5 Å². The van der Waals surface area contributed by atoms with E-state index in [1.807, 2.05) is 60.7 Å². The van der Waals surface area contributed by atoms with Gasteiger partial charge < -0.3 is 20.2 Å². The minimum absolute atomic E-state index is 0.233. The number of ether oxygens (including phenoxy) is 2. The van der Waals surface area contributed by atoms with E-state index in [9.17, 15) is 0 Å². The molecule has 0 bridgehead atoms. The summed E-state index contributed by atoms with van der Waals surface area (Å²) in [6, 6.07) is 19.4. The topological polar surface area (TPSA) is 86.1 Å². The van der Waals surface area contributed by atoms with Crippen molar-refractivity contribution in [3.8, 4) is 45.5 Å². The van der Waals surface area contributed by atoms with Crippen molar-refractivity contribution in [2.75, 3.05) is 6.79 Å². The smallest absolute Gasteiger partial charge is 0.231 e. The molecule has 0 unspecified atom stereocenters. The fourth-order valence-corrected chi connectivity index (χ4v) is 3.30. The lowest BCUT2D eigenvalue weighted by Crippen LogP contribution is -1.93. The standard InChI is InChI=1S/C23H18N4O2/c1-14(24)15-5-7-16(8-6-15)23-26-21(22(27-23)18-4-2-3-11-25-18)17-9-10-19-20(12-17)29-13-28-19/h2-12H,1,13,24H2,(H,26,27). The van der Waals surface area contributed by atoms with Crippen LogP contribution in [0.25, 0.3) is 39.7 Å². The molecule has 0 radical (unpaired) electrons. The fourth-order valence-electron chi connectivity index (χ4n) is 3.30. The number of rotatable bonds is 4. The number of nitrogens with zero attached hydrogens (tertiary/aromatic N) is 2. The van der Waals surface area contributed by atoms with Crippen LogP contribution in [0.15, 0.2) is 73.4 Å². The average Bonchev–Trinajstić information content (AvgIpc) is 3.41. The number of hydrogen-bond donors (Lipinski definition) is 2. The average molecular weight is 382 g/mol. The van der Waals surface area contributed by atoms with E-state index in [0.717, 1.165) is 45.3 Å². The van der Waals surface area contributed by atoms with Crippen LogP contribution in [0.1, 0.15) is 5.56 Å². The van der Waals surface area contributed by atoms with Crippen LogP contribution in [0.5, 0.6) is 11.5 Å². The lowest BCUT2D eigenvalue weighted by molar-refractivity contribution is 0.174. The summed E-state index contributed by atoms with van der Waals surface area (Å²) in [5.41, 5.74) is 11.5. The molecule has 3 N–H and O–H groups in total. The number of fused-ring (bicyclic) bond motifs is 1. The van der Waals surface area contributed by atoms with Crippen molar-refractivity contribution in [2.45, 2.75) is 0 Å². The minimum Gasteiger partial charge on any atom is -0.454 e. The first kappa shape index (κ1) is 17.1. The van der Waals surface area contributed by atoms with E-state index in [0.29, 0.717) is 11.4 Å². The van der Waals surface area contributed by atoms with Gasteiger partial charge in [0, 0.05) is 23.0 Å².